The van der Waals surface area contributed by atoms with Gasteiger partial charge in [-0.25, -0.2) is 4.79 Å². The Bertz CT molecular complexity index is 523. The Hall–Kier alpha value is -1.56. The molecule has 0 radical (unpaired) electrons. The Morgan fingerprint density at radius 2 is 2.00 bits per heavy atom. The predicted octanol–water partition coefficient (Wildman–Crippen LogP) is 2.17. The first kappa shape index (κ1) is 14.8. The predicted molar refractivity (Wildman–Crippen MR) is 76.8 cm³/mol. The van der Waals surface area contributed by atoms with Crippen LogP contribution in [0.2, 0.25) is 0 Å². The molecule has 1 aromatic heterocycles. The first-order valence-corrected chi connectivity index (χ1v) is 7.63. The third-order valence-corrected chi connectivity index (χ3v) is 4.51. The molecule has 1 aliphatic rings. The number of anilines is 1. The fourth-order valence-corrected chi connectivity index (χ4v) is 3.60. The maximum atomic E-state index is 12.0. The molecule has 1 heterocycles. The number of rotatable bonds is 4. The molecule has 0 saturated heterocycles. The van der Waals surface area contributed by atoms with E-state index in [1.165, 1.54) is 11.3 Å². The lowest BCUT2D eigenvalue weighted by Crippen LogP contribution is -2.25. The van der Waals surface area contributed by atoms with Gasteiger partial charge >= 0.3 is 11.9 Å². The lowest BCUT2D eigenvalue weighted by molar-refractivity contribution is -0.148. The van der Waals surface area contributed by atoms with E-state index < -0.39 is 5.97 Å². The maximum Gasteiger partial charge on any atom is 0.341 e. The number of nitrogen functional groups attached to an aromatic ring is 1. The average Bonchev–Trinajstić information content (AvgIpc) is 2.74. The van der Waals surface area contributed by atoms with E-state index >= 15 is 0 Å². The van der Waals surface area contributed by atoms with Crippen LogP contribution < -0.4 is 5.73 Å². The van der Waals surface area contributed by atoms with Crippen LogP contribution in [-0.4, -0.2) is 25.2 Å². The molecule has 0 unspecified atom stereocenters. The van der Waals surface area contributed by atoms with E-state index in [1.807, 2.05) is 0 Å². The minimum absolute atomic E-state index is 0.190. The van der Waals surface area contributed by atoms with E-state index in [9.17, 15) is 9.59 Å². The second-order valence-corrected chi connectivity index (χ2v) is 5.79. The smallest absolute Gasteiger partial charge is 0.341 e. The van der Waals surface area contributed by atoms with Crippen molar-refractivity contribution in [3.63, 3.8) is 0 Å². The number of hydrogen-bond donors (Lipinski definition) is 1. The van der Waals surface area contributed by atoms with E-state index in [-0.39, 0.29) is 11.9 Å². The highest BCUT2D eigenvalue weighted by atomic mass is 32.1. The number of carbonyl (C=O) groups is 2. The monoisotopic (exact) mass is 297 g/mol. The average molecular weight is 297 g/mol. The van der Waals surface area contributed by atoms with Crippen molar-refractivity contribution in [1.82, 2.24) is 0 Å². The van der Waals surface area contributed by atoms with Gasteiger partial charge in [0, 0.05) is 4.88 Å². The Labute approximate surface area is 122 Å². The van der Waals surface area contributed by atoms with Gasteiger partial charge in [-0.3, -0.25) is 4.79 Å². The van der Waals surface area contributed by atoms with Gasteiger partial charge in [-0.2, -0.15) is 0 Å². The maximum absolute atomic E-state index is 12.0. The van der Waals surface area contributed by atoms with E-state index in [1.54, 1.807) is 13.8 Å². The van der Waals surface area contributed by atoms with Gasteiger partial charge in [0.2, 0.25) is 0 Å². The van der Waals surface area contributed by atoms with Gasteiger partial charge in [-0.15, -0.1) is 11.3 Å². The van der Waals surface area contributed by atoms with Crippen molar-refractivity contribution in [1.29, 1.82) is 0 Å². The summed E-state index contributed by atoms with van der Waals surface area (Å²) in [6, 6.07) is 0. The number of hydrogen-bond acceptors (Lipinski definition) is 6. The standard InChI is InChI=1S/C14H19NO4S/c1-3-18-13(16)8-5-6-10-9(7-8)11(12(15)20-10)14(17)19-4-2/h8H,3-7,15H2,1-2H3/t8-/m0/s1. The number of fused-ring (bicyclic) bond motifs is 1. The molecule has 1 aromatic rings. The van der Waals surface area contributed by atoms with Crippen molar-refractivity contribution in [2.75, 3.05) is 18.9 Å². The molecule has 6 heteroatoms. The molecule has 1 atom stereocenters. The van der Waals surface area contributed by atoms with Gasteiger partial charge in [0.05, 0.1) is 24.7 Å². The summed E-state index contributed by atoms with van der Waals surface area (Å²) in [5, 5.41) is 0.484. The van der Waals surface area contributed by atoms with Crippen LogP contribution in [-0.2, 0) is 27.1 Å². The molecule has 0 aliphatic heterocycles. The van der Waals surface area contributed by atoms with Crippen LogP contribution in [0.5, 0.6) is 0 Å². The molecule has 0 fully saturated rings. The van der Waals surface area contributed by atoms with Gasteiger partial charge < -0.3 is 15.2 Å². The summed E-state index contributed by atoms with van der Waals surface area (Å²) < 4.78 is 10.1. The van der Waals surface area contributed by atoms with Gasteiger partial charge in [-0.05, 0) is 38.7 Å². The number of thiophene rings is 1. The SMILES string of the molecule is CCOC(=O)c1c(N)sc2c1C[C@@H](C(=O)OCC)CC2. The Morgan fingerprint density at radius 1 is 1.30 bits per heavy atom. The molecule has 0 saturated carbocycles. The molecule has 0 bridgehead atoms. The van der Waals surface area contributed by atoms with Crippen LogP contribution in [0.1, 0.15) is 41.1 Å². The first-order chi connectivity index (χ1) is 9.58. The summed E-state index contributed by atoms with van der Waals surface area (Å²) in [6.45, 7) is 4.23. The molecule has 0 spiro atoms. The molecule has 5 nitrogen and oxygen atoms in total. The zero-order valence-corrected chi connectivity index (χ0v) is 12.5. The number of carbonyl (C=O) groups excluding carboxylic acids is 2. The molecule has 2 rings (SSSR count). The van der Waals surface area contributed by atoms with Crippen molar-refractivity contribution in [3.05, 3.63) is 16.0 Å². The fourth-order valence-electron chi connectivity index (χ4n) is 2.49. The van der Waals surface area contributed by atoms with Crippen LogP contribution in [0.25, 0.3) is 0 Å². The lowest BCUT2D eigenvalue weighted by atomic mass is 9.86. The topological polar surface area (TPSA) is 78.6 Å². The number of nitrogens with two attached hydrogens (primary N) is 1. The van der Waals surface area contributed by atoms with Crippen LogP contribution in [0.4, 0.5) is 5.00 Å². The normalized spacial score (nSPS) is 17.4. The largest absolute Gasteiger partial charge is 0.466 e. The highest BCUT2D eigenvalue weighted by Gasteiger charge is 2.32. The summed E-state index contributed by atoms with van der Waals surface area (Å²) >= 11 is 1.42. The lowest BCUT2D eigenvalue weighted by Gasteiger charge is -2.21. The second kappa shape index (κ2) is 6.26. The summed E-state index contributed by atoms with van der Waals surface area (Å²) in [6.07, 6.45) is 2.01. The van der Waals surface area contributed by atoms with E-state index in [0.717, 1.165) is 23.3 Å². The molecular formula is C14H19NO4S. The van der Waals surface area contributed by atoms with Gasteiger partial charge in [-0.1, -0.05) is 0 Å². The van der Waals surface area contributed by atoms with Crippen molar-refractivity contribution in [3.8, 4) is 0 Å². The minimum atomic E-state index is -0.396. The van der Waals surface area contributed by atoms with Crippen molar-refractivity contribution in [2.24, 2.45) is 5.92 Å². The quantitative estimate of drug-likeness (QED) is 0.862. The molecule has 20 heavy (non-hydrogen) atoms. The molecule has 110 valence electrons. The summed E-state index contributed by atoms with van der Waals surface area (Å²) in [4.78, 5) is 24.9. The third kappa shape index (κ3) is 2.80. The zero-order valence-electron chi connectivity index (χ0n) is 11.7. The van der Waals surface area contributed by atoms with Crippen LogP contribution in [0, 0.1) is 5.92 Å². The van der Waals surface area contributed by atoms with Gasteiger partial charge in [0.15, 0.2) is 0 Å². The Morgan fingerprint density at radius 3 is 2.65 bits per heavy atom. The van der Waals surface area contributed by atoms with E-state index in [4.69, 9.17) is 15.2 Å². The van der Waals surface area contributed by atoms with Gasteiger partial charge in [0.25, 0.3) is 0 Å². The van der Waals surface area contributed by atoms with E-state index in [0.29, 0.717) is 30.2 Å². The van der Waals surface area contributed by atoms with Crippen molar-refractivity contribution < 1.29 is 19.1 Å². The number of aryl methyl sites for hydroxylation is 1. The molecule has 1 aliphatic carbocycles. The zero-order chi connectivity index (χ0) is 14.7. The first-order valence-electron chi connectivity index (χ1n) is 6.82. The van der Waals surface area contributed by atoms with E-state index in [2.05, 4.69) is 0 Å². The fraction of sp³-hybridized carbons (Fsp3) is 0.571. The summed E-state index contributed by atoms with van der Waals surface area (Å²) in [7, 11) is 0. The molecular weight excluding hydrogens is 278 g/mol. The Balaban J connectivity index is 2.25. The summed E-state index contributed by atoms with van der Waals surface area (Å²) in [5.74, 6) is -0.783. The van der Waals surface area contributed by atoms with Crippen molar-refractivity contribution in [2.45, 2.75) is 33.1 Å². The Kier molecular flexibility index (Phi) is 4.65. The minimum Gasteiger partial charge on any atom is -0.466 e. The summed E-state index contributed by atoms with van der Waals surface area (Å²) in [5.41, 5.74) is 7.25. The highest BCUT2D eigenvalue weighted by molar-refractivity contribution is 7.16. The van der Waals surface area contributed by atoms with Crippen molar-refractivity contribution >= 4 is 28.3 Å². The van der Waals surface area contributed by atoms with Crippen LogP contribution >= 0.6 is 11.3 Å². The molecule has 0 aromatic carbocycles. The molecule has 2 N–H and O–H groups in total. The van der Waals surface area contributed by atoms with Crippen LogP contribution in [0.15, 0.2) is 0 Å². The van der Waals surface area contributed by atoms with Crippen LogP contribution in [0.3, 0.4) is 0 Å². The third-order valence-electron chi connectivity index (χ3n) is 3.39. The van der Waals surface area contributed by atoms with Gasteiger partial charge in [0.1, 0.15) is 5.00 Å². The molecule has 0 amide bonds. The highest BCUT2D eigenvalue weighted by Crippen LogP contribution is 2.38. The second-order valence-electron chi connectivity index (χ2n) is 4.66. The number of ether oxygens (including phenoxy) is 2. The number of esters is 2.